The van der Waals surface area contributed by atoms with Crippen molar-refractivity contribution >= 4 is 22.5 Å². The lowest BCUT2D eigenvalue weighted by Gasteiger charge is -2.08. The quantitative estimate of drug-likeness (QED) is 0.565. The topological polar surface area (TPSA) is 75.9 Å². The number of hydrogen-bond acceptors (Lipinski definition) is 5. The van der Waals surface area contributed by atoms with E-state index in [1.54, 1.807) is 24.4 Å². The Bertz CT molecular complexity index is 981. The highest BCUT2D eigenvalue weighted by Gasteiger charge is 2.11. The first-order chi connectivity index (χ1) is 11.8. The summed E-state index contributed by atoms with van der Waals surface area (Å²) in [5.74, 6) is 0.779. The molecule has 6 nitrogen and oxygen atoms in total. The molecule has 0 aliphatic carbocycles. The van der Waals surface area contributed by atoms with Crippen molar-refractivity contribution in [1.82, 2.24) is 19.7 Å². The lowest BCUT2D eigenvalue weighted by atomic mass is 10.2. The summed E-state index contributed by atoms with van der Waals surface area (Å²) in [6.45, 7) is 0.636. The van der Waals surface area contributed by atoms with Crippen molar-refractivity contribution in [2.24, 2.45) is 0 Å². The maximum atomic E-state index is 9.92. The number of aromatic hydroxyl groups is 1. The van der Waals surface area contributed by atoms with Crippen molar-refractivity contribution in [3.05, 3.63) is 72.7 Å². The van der Waals surface area contributed by atoms with Crippen LogP contribution in [0.15, 0.2) is 67.1 Å². The highest BCUT2D eigenvalue weighted by atomic mass is 16.3. The van der Waals surface area contributed by atoms with Crippen LogP contribution >= 0.6 is 0 Å². The number of anilines is 2. The fourth-order valence-corrected chi connectivity index (χ4v) is 2.57. The summed E-state index contributed by atoms with van der Waals surface area (Å²) in [5, 5.41) is 18.3. The van der Waals surface area contributed by atoms with Gasteiger partial charge >= 0.3 is 0 Å². The molecule has 2 aromatic carbocycles. The average molecular weight is 317 g/mol. The number of phenolic OH excluding ortho intramolecular Hbond substituents is 1. The van der Waals surface area contributed by atoms with E-state index in [1.807, 2.05) is 28.9 Å². The number of benzene rings is 2. The van der Waals surface area contributed by atoms with Crippen molar-refractivity contribution in [1.29, 1.82) is 0 Å². The minimum atomic E-state index is 0.168. The zero-order valence-corrected chi connectivity index (χ0v) is 12.8. The fraction of sp³-hybridized carbons (Fsp3) is 0.0556. The van der Waals surface area contributed by atoms with E-state index in [4.69, 9.17) is 0 Å². The molecule has 0 spiro atoms. The van der Waals surface area contributed by atoms with Gasteiger partial charge in [0.05, 0.1) is 23.8 Å². The summed E-state index contributed by atoms with van der Waals surface area (Å²) in [6, 6.07) is 17.1. The minimum absolute atomic E-state index is 0.168. The van der Waals surface area contributed by atoms with Gasteiger partial charge in [0.25, 0.3) is 0 Å². The molecule has 0 saturated heterocycles. The van der Waals surface area contributed by atoms with E-state index >= 15 is 0 Å². The number of aromatic nitrogens is 4. The lowest BCUT2D eigenvalue weighted by Crippen LogP contribution is -2.03. The third kappa shape index (κ3) is 2.65. The largest absolute Gasteiger partial charge is 0.506 e. The predicted octanol–water partition coefficient (Wildman–Crippen LogP) is 3.32. The Balaban J connectivity index is 1.70. The molecule has 0 amide bonds. The van der Waals surface area contributed by atoms with Gasteiger partial charge in [0, 0.05) is 0 Å². The second-order valence-electron chi connectivity index (χ2n) is 5.39. The second kappa shape index (κ2) is 6.00. The van der Waals surface area contributed by atoms with Crippen LogP contribution in [0.5, 0.6) is 5.75 Å². The van der Waals surface area contributed by atoms with Gasteiger partial charge in [-0.3, -0.25) is 0 Å². The average Bonchev–Trinajstić information content (AvgIpc) is 3.02. The molecule has 2 N–H and O–H groups in total. The van der Waals surface area contributed by atoms with Crippen LogP contribution in [0.25, 0.3) is 11.0 Å². The van der Waals surface area contributed by atoms with Crippen molar-refractivity contribution in [2.75, 3.05) is 5.32 Å². The van der Waals surface area contributed by atoms with Gasteiger partial charge in [-0.25, -0.2) is 14.6 Å². The molecule has 2 heterocycles. The number of nitrogens with one attached hydrogen (secondary N) is 1. The van der Waals surface area contributed by atoms with Gasteiger partial charge in [0.1, 0.15) is 17.9 Å². The first-order valence-electron chi connectivity index (χ1n) is 7.57. The number of hydrogen-bond donors (Lipinski definition) is 2. The fourth-order valence-electron chi connectivity index (χ4n) is 2.57. The zero-order valence-electron chi connectivity index (χ0n) is 12.8. The molecule has 0 unspecified atom stereocenters. The minimum Gasteiger partial charge on any atom is -0.506 e. The Morgan fingerprint density at radius 1 is 0.958 bits per heavy atom. The van der Waals surface area contributed by atoms with Crippen molar-refractivity contribution < 1.29 is 5.11 Å². The molecule has 0 fully saturated rings. The van der Waals surface area contributed by atoms with Crippen LogP contribution in [0.1, 0.15) is 5.56 Å². The number of rotatable bonds is 4. The Labute approximate surface area is 138 Å². The number of phenols is 1. The van der Waals surface area contributed by atoms with Gasteiger partial charge in [0.2, 0.25) is 0 Å². The summed E-state index contributed by atoms with van der Waals surface area (Å²) in [5.41, 5.74) is 2.48. The smallest absolute Gasteiger partial charge is 0.163 e. The Morgan fingerprint density at radius 2 is 1.75 bits per heavy atom. The van der Waals surface area contributed by atoms with E-state index in [2.05, 4.69) is 32.5 Å². The van der Waals surface area contributed by atoms with Gasteiger partial charge in [-0.2, -0.15) is 5.10 Å². The van der Waals surface area contributed by atoms with Gasteiger partial charge in [-0.05, 0) is 17.7 Å². The van der Waals surface area contributed by atoms with E-state index in [0.717, 1.165) is 16.6 Å². The maximum absolute atomic E-state index is 9.92. The molecule has 0 atom stereocenters. The molecule has 0 radical (unpaired) electrons. The molecule has 118 valence electrons. The third-order valence-electron chi connectivity index (χ3n) is 3.77. The van der Waals surface area contributed by atoms with Crippen LogP contribution < -0.4 is 5.32 Å². The van der Waals surface area contributed by atoms with Crippen molar-refractivity contribution in [2.45, 2.75) is 6.54 Å². The predicted molar refractivity (Wildman–Crippen MR) is 92.3 cm³/mol. The van der Waals surface area contributed by atoms with Gasteiger partial charge < -0.3 is 10.4 Å². The monoisotopic (exact) mass is 317 g/mol. The molecule has 24 heavy (non-hydrogen) atoms. The highest BCUT2D eigenvalue weighted by Crippen LogP contribution is 2.28. The van der Waals surface area contributed by atoms with E-state index in [9.17, 15) is 5.11 Å². The van der Waals surface area contributed by atoms with Gasteiger partial charge in [0.15, 0.2) is 5.65 Å². The Morgan fingerprint density at radius 3 is 2.58 bits per heavy atom. The van der Waals surface area contributed by atoms with E-state index in [0.29, 0.717) is 18.1 Å². The molecule has 2 aromatic heterocycles. The molecule has 0 bridgehead atoms. The molecule has 4 rings (SSSR count). The van der Waals surface area contributed by atoms with E-state index in [-0.39, 0.29) is 5.75 Å². The number of nitrogens with zero attached hydrogens (tertiary/aromatic N) is 4. The molecule has 6 heteroatoms. The van der Waals surface area contributed by atoms with Crippen molar-refractivity contribution in [3.63, 3.8) is 0 Å². The first-order valence-corrected chi connectivity index (χ1v) is 7.57. The summed E-state index contributed by atoms with van der Waals surface area (Å²) < 4.78 is 1.84. The Hall–Kier alpha value is -3.41. The lowest BCUT2D eigenvalue weighted by molar-refractivity contribution is 0.478. The van der Waals surface area contributed by atoms with Gasteiger partial charge in [-0.15, -0.1) is 0 Å². The molecular formula is C18H15N5O. The van der Waals surface area contributed by atoms with Crippen molar-refractivity contribution in [3.8, 4) is 5.75 Å². The molecule has 4 aromatic rings. The zero-order chi connectivity index (χ0) is 16.4. The van der Waals surface area contributed by atoms with Crippen LogP contribution in [-0.2, 0) is 6.54 Å². The molecule has 0 aliphatic rings. The van der Waals surface area contributed by atoms with Crippen LogP contribution in [0.3, 0.4) is 0 Å². The first kappa shape index (κ1) is 14.2. The summed E-state index contributed by atoms with van der Waals surface area (Å²) >= 11 is 0. The summed E-state index contributed by atoms with van der Waals surface area (Å²) in [6.07, 6.45) is 3.23. The summed E-state index contributed by atoms with van der Waals surface area (Å²) in [7, 11) is 0. The molecule has 0 saturated carbocycles. The number of fused-ring (bicyclic) bond motifs is 1. The SMILES string of the molecule is Oc1ccccc1Nc1ncnc2c1cnn2Cc1ccccc1. The second-order valence-corrected chi connectivity index (χ2v) is 5.39. The maximum Gasteiger partial charge on any atom is 0.163 e. The Kier molecular flexibility index (Phi) is 3.55. The third-order valence-corrected chi connectivity index (χ3v) is 3.77. The standard InChI is InChI=1S/C18H15N5O/c24-16-9-5-4-8-15(16)22-17-14-10-21-23(18(14)20-12-19-17)11-13-6-2-1-3-7-13/h1-10,12,24H,11H2,(H,19,20,22). The van der Waals surface area contributed by atoms with Crippen LogP contribution in [0.2, 0.25) is 0 Å². The highest BCUT2D eigenvalue weighted by molar-refractivity contribution is 5.88. The van der Waals surface area contributed by atoms with Gasteiger partial charge in [-0.1, -0.05) is 42.5 Å². The van der Waals surface area contributed by atoms with E-state index < -0.39 is 0 Å². The summed E-state index contributed by atoms with van der Waals surface area (Å²) in [4.78, 5) is 8.63. The number of para-hydroxylation sites is 2. The molecular weight excluding hydrogens is 302 g/mol. The van der Waals surface area contributed by atoms with E-state index in [1.165, 1.54) is 6.33 Å². The van der Waals surface area contributed by atoms with Crippen LogP contribution in [0, 0.1) is 0 Å². The van der Waals surface area contributed by atoms with Crippen LogP contribution in [0.4, 0.5) is 11.5 Å². The van der Waals surface area contributed by atoms with Crippen LogP contribution in [-0.4, -0.2) is 24.9 Å². The normalized spacial score (nSPS) is 10.8. The molecule has 0 aliphatic heterocycles.